The summed E-state index contributed by atoms with van der Waals surface area (Å²) in [4.78, 5) is 11.5. The molecule has 2 nitrogen and oxygen atoms in total. The zero-order chi connectivity index (χ0) is 9.31. The van der Waals surface area contributed by atoms with E-state index >= 15 is 0 Å². The van der Waals surface area contributed by atoms with Gasteiger partial charge in [0.1, 0.15) is 0 Å². The number of carbonyl (C=O) groups excluding carboxylic acids is 1. The predicted octanol–water partition coefficient (Wildman–Crippen LogP) is 1.60. The number of aliphatic hydroxyl groups is 1. The van der Waals surface area contributed by atoms with Crippen LogP contribution in [0.15, 0.2) is 24.3 Å². The second kappa shape index (κ2) is 3.11. The van der Waals surface area contributed by atoms with Gasteiger partial charge in [-0.15, -0.1) is 0 Å². The molecule has 1 saturated carbocycles. The number of hydrogen-bond acceptors (Lipinski definition) is 2. The quantitative estimate of drug-likeness (QED) is 0.662. The normalized spacial score (nSPS) is 31.2. The van der Waals surface area contributed by atoms with Crippen molar-refractivity contribution in [3.63, 3.8) is 0 Å². The molecule has 0 aliphatic heterocycles. The van der Waals surface area contributed by atoms with Crippen LogP contribution < -0.4 is 0 Å². The standard InChI is InChI=1S/C11H14O2/c12-10-6-2-1-5-9(10)11(13)7-3-4-8-11/h1-2,5-6,9,13H,3-4,7-8H2. The Morgan fingerprint density at radius 2 is 2.00 bits per heavy atom. The summed E-state index contributed by atoms with van der Waals surface area (Å²) in [6.45, 7) is 0. The van der Waals surface area contributed by atoms with Crippen LogP contribution in [0.2, 0.25) is 0 Å². The lowest BCUT2D eigenvalue weighted by atomic mass is 9.81. The van der Waals surface area contributed by atoms with Gasteiger partial charge < -0.3 is 5.11 Å². The minimum absolute atomic E-state index is 0.0481. The smallest absolute Gasteiger partial charge is 0.165 e. The molecule has 2 aliphatic carbocycles. The first-order valence-electron chi connectivity index (χ1n) is 4.83. The number of rotatable bonds is 1. The Balaban J connectivity index is 2.20. The lowest BCUT2D eigenvalue weighted by Gasteiger charge is -2.29. The lowest BCUT2D eigenvalue weighted by molar-refractivity contribution is -0.124. The van der Waals surface area contributed by atoms with Gasteiger partial charge in [-0.2, -0.15) is 0 Å². The fraction of sp³-hybridized carbons (Fsp3) is 0.545. The molecule has 13 heavy (non-hydrogen) atoms. The maximum Gasteiger partial charge on any atom is 0.165 e. The van der Waals surface area contributed by atoms with Gasteiger partial charge >= 0.3 is 0 Å². The van der Waals surface area contributed by atoms with E-state index in [9.17, 15) is 9.90 Å². The van der Waals surface area contributed by atoms with Gasteiger partial charge in [0.2, 0.25) is 0 Å². The van der Waals surface area contributed by atoms with Crippen molar-refractivity contribution in [2.45, 2.75) is 31.3 Å². The third kappa shape index (κ3) is 1.46. The average molecular weight is 178 g/mol. The topological polar surface area (TPSA) is 37.3 Å². The highest BCUT2D eigenvalue weighted by Crippen LogP contribution is 2.37. The zero-order valence-electron chi connectivity index (χ0n) is 7.57. The van der Waals surface area contributed by atoms with Gasteiger partial charge in [-0.1, -0.05) is 31.1 Å². The summed E-state index contributed by atoms with van der Waals surface area (Å²) < 4.78 is 0. The second-order valence-corrected chi connectivity index (χ2v) is 3.93. The van der Waals surface area contributed by atoms with Crippen molar-refractivity contribution in [3.8, 4) is 0 Å². The van der Waals surface area contributed by atoms with Crippen LogP contribution in [0.5, 0.6) is 0 Å². The van der Waals surface area contributed by atoms with Gasteiger partial charge in [-0.25, -0.2) is 0 Å². The summed E-state index contributed by atoms with van der Waals surface area (Å²) in [5, 5.41) is 10.2. The number of carbonyl (C=O) groups is 1. The molecule has 0 aromatic heterocycles. The highest BCUT2D eigenvalue weighted by atomic mass is 16.3. The molecule has 1 unspecified atom stereocenters. The summed E-state index contributed by atoms with van der Waals surface area (Å²) in [6.07, 6.45) is 10.6. The number of hydrogen-bond donors (Lipinski definition) is 1. The van der Waals surface area contributed by atoms with Gasteiger partial charge in [0.15, 0.2) is 5.78 Å². The van der Waals surface area contributed by atoms with E-state index in [1.807, 2.05) is 12.2 Å². The Morgan fingerprint density at radius 3 is 2.62 bits per heavy atom. The Bertz CT molecular complexity index is 270. The first-order chi connectivity index (χ1) is 6.22. The van der Waals surface area contributed by atoms with E-state index in [1.54, 1.807) is 12.2 Å². The molecule has 1 atom stereocenters. The van der Waals surface area contributed by atoms with Crippen LogP contribution in [0.1, 0.15) is 25.7 Å². The van der Waals surface area contributed by atoms with Crippen LogP contribution in [0.25, 0.3) is 0 Å². The minimum Gasteiger partial charge on any atom is -0.389 e. The Morgan fingerprint density at radius 1 is 1.31 bits per heavy atom. The van der Waals surface area contributed by atoms with Crippen LogP contribution in [-0.4, -0.2) is 16.5 Å². The van der Waals surface area contributed by atoms with E-state index in [1.165, 1.54) is 0 Å². The highest BCUT2D eigenvalue weighted by molar-refractivity contribution is 5.95. The minimum atomic E-state index is -0.752. The number of allylic oxidation sites excluding steroid dienone is 3. The highest BCUT2D eigenvalue weighted by Gasteiger charge is 2.41. The Hall–Kier alpha value is -0.890. The van der Waals surface area contributed by atoms with Gasteiger partial charge in [-0.05, 0) is 18.9 Å². The zero-order valence-corrected chi connectivity index (χ0v) is 7.57. The van der Waals surface area contributed by atoms with Crippen molar-refractivity contribution in [1.29, 1.82) is 0 Å². The van der Waals surface area contributed by atoms with Crippen LogP contribution in [0, 0.1) is 5.92 Å². The van der Waals surface area contributed by atoms with Crippen molar-refractivity contribution < 1.29 is 9.90 Å². The molecule has 0 radical (unpaired) electrons. The van der Waals surface area contributed by atoms with Crippen LogP contribution in [0.4, 0.5) is 0 Å². The molecule has 0 bridgehead atoms. The molecule has 2 heteroatoms. The van der Waals surface area contributed by atoms with Gasteiger partial charge in [0.25, 0.3) is 0 Å². The van der Waals surface area contributed by atoms with Crippen LogP contribution in [0.3, 0.4) is 0 Å². The predicted molar refractivity (Wildman–Crippen MR) is 50.2 cm³/mol. The fourth-order valence-electron chi connectivity index (χ4n) is 2.27. The Kier molecular flexibility index (Phi) is 2.08. The average Bonchev–Trinajstić information content (AvgIpc) is 2.54. The fourth-order valence-corrected chi connectivity index (χ4v) is 2.27. The van der Waals surface area contributed by atoms with Gasteiger partial charge in [-0.3, -0.25) is 4.79 Å². The summed E-state index contributed by atoms with van der Waals surface area (Å²) >= 11 is 0. The van der Waals surface area contributed by atoms with E-state index < -0.39 is 5.60 Å². The molecular formula is C11H14O2. The van der Waals surface area contributed by atoms with Crippen molar-refractivity contribution in [3.05, 3.63) is 24.3 Å². The third-order valence-electron chi connectivity index (χ3n) is 3.03. The van der Waals surface area contributed by atoms with Gasteiger partial charge in [0, 0.05) is 0 Å². The summed E-state index contributed by atoms with van der Waals surface area (Å²) in [5.74, 6) is -0.244. The van der Waals surface area contributed by atoms with Crippen molar-refractivity contribution in [2.75, 3.05) is 0 Å². The van der Waals surface area contributed by atoms with E-state index in [-0.39, 0.29) is 11.7 Å². The monoisotopic (exact) mass is 178 g/mol. The SMILES string of the molecule is O=C1C=CC=CC1C1(O)CCCC1. The molecule has 0 amide bonds. The van der Waals surface area contributed by atoms with Crippen molar-refractivity contribution >= 4 is 5.78 Å². The summed E-state index contributed by atoms with van der Waals surface area (Å²) in [5.41, 5.74) is -0.752. The number of ketones is 1. The molecule has 70 valence electrons. The van der Waals surface area contributed by atoms with E-state index in [0.29, 0.717) is 0 Å². The maximum atomic E-state index is 11.5. The van der Waals surface area contributed by atoms with Crippen molar-refractivity contribution in [1.82, 2.24) is 0 Å². The summed E-state index contributed by atoms with van der Waals surface area (Å²) in [7, 11) is 0. The van der Waals surface area contributed by atoms with Crippen molar-refractivity contribution in [2.24, 2.45) is 5.92 Å². The molecular weight excluding hydrogens is 164 g/mol. The van der Waals surface area contributed by atoms with E-state index in [2.05, 4.69) is 0 Å². The maximum absolute atomic E-state index is 11.5. The first kappa shape index (κ1) is 8.70. The molecule has 0 aromatic rings. The van der Waals surface area contributed by atoms with Crippen LogP contribution in [-0.2, 0) is 4.79 Å². The molecule has 2 aliphatic rings. The van der Waals surface area contributed by atoms with E-state index in [4.69, 9.17) is 0 Å². The van der Waals surface area contributed by atoms with Crippen LogP contribution >= 0.6 is 0 Å². The second-order valence-electron chi connectivity index (χ2n) is 3.93. The molecule has 0 saturated heterocycles. The lowest BCUT2D eigenvalue weighted by Crippen LogP contribution is -2.38. The molecule has 0 spiro atoms. The Labute approximate surface area is 78.0 Å². The first-order valence-corrected chi connectivity index (χ1v) is 4.83. The largest absolute Gasteiger partial charge is 0.389 e. The molecule has 1 fully saturated rings. The molecule has 1 N–H and O–H groups in total. The molecule has 2 rings (SSSR count). The summed E-state index contributed by atoms with van der Waals surface area (Å²) in [6, 6.07) is 0. The molecule has 0 heterocycles. The molecule has 0 aromatic carbocycles. The van der Waals surface area contributed by atoms with E-state index in [0.717, 1.165) is 25.7 Å². The van der Waals surface area contributed by atoms with Gasteiger partial charge in [0.05, 0.1) is 11.5 Å². The third-order valence-corrected chi connectivity index (χ3v) is 3.03.